The topological polar surface area (TPSA) is 65.5 Å². The second-order valence-electron chi connectivity index (χ2n) is 7.07. The van der Waals surface area contributed by atoms with Gasteiger partial charge in [-0.05, 0) is 47.5 Å². The minimum Gasteiger partial charge on any atom is -0.508 e. The summed E-state index contributed by atoms with van der Waals surface area (Å²) in [7, 11) is 1.51. The van der Waals surface area contributed by atoms with Crippen LogP contribution < -0.4 is 5.32 Å². The Balaban J connectivity index is 1.94. The van der Waals surface area contributed by atoms with Crippen molar-refractivity contribution in [3.63, 3.8) is 0 Å². The fraction of sp³-hybridized carbons (Fsp3) is 0.182. The predicted molar refractivity (Wildman–Crippen MR) is 111 cm³/mol. The highest BCUT2D eigenvalue weighted by Crippen LogP contribution is 2.44. The number of phenolic OH excluding ortho intramolecular Hbond substituents is 1. The molecule has 3 aromatic rings. The largest absolute Gasteiger partial charge is 0.508 e. The molecule has 0 spiro atoms. The molecule has 0 bridgehead atoms. The van der Waals surface area contributed by atoms with Crippen LogP contribution >= 0.6 is 11.3 Å². The van der Waals surface area contributed by atoms with Crippen molar-refractivity contribution in [2.45, 2.75) is 12.0 Å². The second-order valence-corrected chi connectivity index (χ2v) is 7.78. The number of carbonyl (C=O) groups is 1. The summed E-state index contributed by atoms with van der Waals surface area (Å²) >= 11 is 1.43. The summed E-state index contributed by atoms with van der Waals surface area (Å²) in [5.74, 6) is -1.09. The number of hydrogen-bond donors (Lipinski definition) is 2. The Morgan fingerprint density at radius 3 is 2.83 bits per heavy atom. The van der Waals surface area contributed by atoms with E-state index in [0.717, 1.165) is 23.9 Å². The molecule has 1 unspecified atom stereocenters. The van der Waals surface area contributed by atoms with Gasteiger partial charge in [-0.3, -0.25) is 0 Å². The number of amides is 2. The number of nitrogens with one attached hydrogen (secondary N) is 1. The number of carbonyl (C=O) groups excluding carboxylic acids is 1. The number of aromatic hydroxyl groups is 1. The second kappa shape index (κ2) is 7.87. The SMILES string of the molecule is CNC(=O)N1CC(c2cc(F)ccc2F)=CC1(Cc1cscn1)c1cccc(O)c1. The Kier molecular flexibility index (Phi) is 5.26. The van der Waals surface area contributed by atoms with Gasteiger partial charge in [0.05, 0.1) is 16.7 Å². The van der Waals surface area contributed by atoms with Crippen LogP contribution in [0.5, 0.6) is 5.75 Å². The number of hydrogen-bond acceptors (Lipinski definition) is 4. The molecule has 2 N–H and O–H groups in total. The minimum absolute atomic E-state index is 0.0424. The average Bonchev–Trinajstić information content (AvgIpc) is 3.38. The fourth-order valence-electron chi connectivity index (χ4n) is 3.88. The lowest BCUT2D eigenvalue weighted by atomic mass is 9.84. The molecule has 0 fully saturated rings. The number of urea groups is 1. The summed E-state index contributed by atoms with van der Waals surface area (Å²) in [5.41, 5.74) is 2.63. The predicted octanol–water partition coefficient (Wildman–Crippen LogP) is 4.30. The Labute approximate surface area is 176 Å². The van der Waals surface area contributed by atoms with Gasteiger partial charge in [-0.2, -0.15) is 0 Å². The molecule has 2 heterocycles. The van der Waals surface area contributed by atoms with Crippen LogP contribution in [-0.4, -0.2) is 34.6 Å². The molecule has 1 aliphatic rings. The van der Waals surface area contributed by atoms with E-state index in [1.54, 1.807) is 34.7 Å². The maximum absolute atomic E-state index is 14.6. The van der Waals surface area contributed by atoms with Crippen molar-refractivity contribution in [1.29, 1.82) is 0 Å². The Hall–Kier alpha value is -3.26. The van der Waals surface area contributed by atoms with Crippen LogP contribution in [0, 0.1) is 11.6 Å². The third-order valence-corrected chi connectivity index (χ3v) is 5.87. The molecule has 8 heteroatoms. The molecule has 2 aromatic carbocycles. The van der Waals surface area contributed by atoms with Crippen LogP contribution in [0.3, 0.4) is 0 Å². The summed E-state index contributed by atoms with van der Waals surface area (Å²) in [6, 6.07) is 9.47. The normalized spacial score (nSPS) is 18.4. The van der Waals surface area contributed by atoms with E-state index in [0.29, 0.717) is 17.6 Å². The van der Waals surface area contributed by atoms with E-state index < -0.39 is 17.2 Å². The molecule has 1 aromatic heterocycles. The number of benzene rings is 2. The molecular formula is C22H19F2N3O2S. The summed E-state index contributed by atoms with van der Waals surface area (Å²) in [5, 5.41) is 14.6. The van der Waals surface area contributed by atoms with Crippen LogP contribution in [0.25, 0.3) is 5.57 Å². The van der Waals surface area contributed by atoms with E-state index in [-0.39, 0.29) is 23.9 Å². The minimum atomic E-state index is -1.04. The zero-order chi connectivity index (χ0) is 21.3. The molecular weight excluding hydrogens is 408 g/mol. The Bertz CT molecular complexity index is 1120. The molecule has 0 radical (unpaired) electrons. The van der Waals surface area contributed by atoms with Gasteiger partial charge in [-0.25, -0.2) is 18.6 Å². The maximum Gasteiger partial charge on any atom is 0.318 e. The van der Waals surface area contributed by atoms with E-state index in [4.69, 9.17) is 0 Å². The van der Waals surface area contributed by atoms with E-state index in [2.05, 4.69) is 10.3 Å². The van der Waals surface area contributed by atoms with Crippen molar-refractivity contribution in [2.75, 3.05) is 13.6 Å². The maximum atomic E-state index is 14.6. The van der Waals surface area contributed by atoms with Crippen LogP contribution in [0.15, 0.2) is 59.4 Å². The molecule has 0 saturated carbocycles. The molecule has 0 saturated heterocycles. The van der Waals surface area contributed by atoms with Crippen molar-refractivity contribution in [3.05, 3.63) is 87.9 Å². The average molecular weight is 427 g/mol. The molecule has 5 nitrogen and oxygen atoms in total. The van der Waals surface area contributed by atoms with Crippen molar-refractivity contribution in [3.8, 4) is 5.75 Å². The van der Waals surface area contributed by atoms with Gasteiger partial charge in [0.25, 0.3) is 0 Å². The van der Waals surface area contributed by atoms with Crippen molar-refractivity contribution in [1.82, 2.24) is 15.2 Å². The van der Waals surface area contributed by atoms with Gasteiger partial charge in [0.2, 0.25) is 0 Å². The summed E-state index contributed by atoms with van der Waals surface area (Å²) < 4.78 is 28.4. The van der Waals surface area contributed by atoms with Gasteiger partial charge in [0.15, 0.2) is 0 Å². The van der Waals surface area contributed by atoms with Crippen LogP contribution in [0.1, 0.15) is 16.8 Å². The van der Waals surface area contributed by atoms with Gasteiger partial charge < -0.3 is 15.3 Å². The van der Waals surface area contributed by atoms with E-state index in [1.807, 2.05) is 5.38 Å². The molecule has 1 aliphatic heterocycles. The Morgan fingerprint density at radius 2 is 2.13 bits per heavy atom. The third kappa shape index (κ3) is 3.54. The first kappa shape index (κ1) is 20.0. The third-order valence-electron chi connectivity index (χ3n) is 5.24. The fourth-order valence-corrected chi connectivity index (χ4v) is 4.44. The number of rotatable bonds is 4. The van der Waals surface area contributed by atoms with E-state index >= 15 is 0 Å². The molecule has 4 rings (SSSR count). The zero-order valence-corrected chi connectivity index (χ0v) is 16.9. The molecule has 154 valence electrons. The van der Waals surface area contributed by atoms with Crippen LogP contribution in [0.2, 0.25) is 0 Å². The first-order chi connectivity index (χ1) is 14.4. The molecule has 1 atom stereocenters. The summed E-state index contributed by atoms with van der Waals surface area (Å²) in [6.45, 7) is 0.0693. The first-order valence-corrected chi connectivity index (χ1v) is 10.2. The van der Waals surface area contributed by atoms with Gasteiger partial charge >= 0.3 is 6.03 Å². The zero-order valence-electron chi connectivity index (χ0n) is 16.1. The van der Waals surface area contributed by atoms with E-state index in [1.165, 1.54) is 24.5 Å². The van der Waals surface area contributed by atoms with E-state index in [9.17, 15) is 18.7 Å². The standard InChI is InChI=1S/C22H19F2N3O2S/c1-25-21(29)27-11-14(19-8-16(23)5-6-20(19)24)9-22(27,10-17-12-30-13-26-17)15-3-2-4-18(28)7-15/h2-9,12-13,28H,10-11H2,1H3,(H,25,29). The molecule has 30 heavy (non-hydrogen) atoms. The number of phenols is 1. The lowest BCUT2D eigenvalue weighted by molar-refractivity contribution is 0.161. The van der Waals surface area contributed by atoms with Crippen molar-refractivity contribution in [2.24, 2.45) is 0 Å². The van der Waals surface area contributed by atoms with Crippen molar-refractivity contribution < 1.29 is 18.7 Å². The van der Waals surface area contributed by atoms with Gasteiger partial charge in [0, 0.05) is 31.0 Å². The monoisotopic (exact) mass is 427 g/mol. The van der Waals surface area contributed by atoms with Gasteiger partial charge in [-0.15, -0.1) is 11.3 Å². The Morgan fingerprint density at radius 1 is 1.30 bits per heavy atom. The quantitative estimate of drug-likeness (QED) is 0.652. The van der Waals surface area contributed by atoms with Gasteiger partial charge in [0.1, 0.15) is 17.4 Å². The van der Waals surface area contributed by atoms with Crippen LogP contribution in [-0.2, 0) is 12.0 Å². The number of aromatic nitrogens is 1. The van der Waals surface area contributed by atoms with Gasteiger partial charge in [-0.1, -0.05) is 12.1 Å². The number of nitrogens with zero attached hydrogens (tertiary/aromatic N) is 2. The highest BCUT2D eigenvalue weighted by atomic mass is 32.1. The summed E-state index contributed by atoms with van der Waals surface area (Å²) in [6.07, 6.45) is 2.09. The van der Waals surface area contributed by atoms with Crippen LogP contribution in [0.4, 0.5) is 13.6 Å². The smallest absolute Gasteiger partial charge is 0.318 e. The highest BCUT2D eigenvalue weighted by Gasteiger charge is 2.45. The molecule has 0 aliphatic carbocycles. The number of halogens is 2. The number of thiazole rings is 1. The summed E-state index contributed by atoms with van der Waals surface area (Å²) in [4.78, 5) is 18.8. The lowest BCUT2D eigenvalue weighted by Crippen LogP contribution is -2.50. The van der Waals surface area contributed by atoms with Crippen molar-refractivity contribution >= 4 is 22.9 Å². The molecule has 2 amide bonds. The first-order valence-electron chi connectivity index (χ1n) is 9.26. The lowest BCUT2D eigenvalue weighted by Gasteiger charge is -2.38. The highest BCUT2D eigenvalue weighted by molar-refractivity contribution is 7.07.